The lowest BCUT2D eigenvalue weighted by atomic mass is 10.2. The third kappa shape index (κ3) is 4.73. The molecule has 1 saturated heterocycles. The number of nitrogens with zero attached hydrogens (tertiary/aromatic N) is 2. The number of hydrogen-bond donors (Lipinski definition) is 1. The van der Waals surface area contributed by atoms with Crippen LogP contribution in [0.25, 0.3) is 0 Å². The van der Waals surface area contributed by atoms with Crippen molar-refractivity contribution in [3.63, 3.8) is 0 Å². The van der Waals surface area contributed by atoms with Crippen LogP contribution in [0.5, 0.6) is 0 Å². The molecule has 0 saturated carbocycles. The van der Waals surface area contributed by atoms with Crippen LogP contribution in [0.3, 0.4) is 0 Å². The Kier molecular flexibility index (Phi) is 6.25. The van der Waals surface area contributed by atoms with E-state index in [4.69, 9.17) is 0 Å². The fourth-order valence-corrected chi connectivity index (χ4v) is 5.05. The van der Waals surface area contributed by atoms with Crippen LogP contribution in [0.4, 0.5) is 4.39 Å². The highest BCUT2D eigenvalue weighted by atomic mass is 32.2. The summed E-state index contributed by atoms with van der Waals surface area (Å²) < 4.78 is 39.7. The van der Waals surface area contributed by atoms with Gasteiger partial charge in [0.25, 0.3) is 0 Å². The molecule has 1 fully saturated rings. The molecule has 1 N–H and O–H groups in total. The number of sulfonamides is 1. The van der Waals surface area contributed by atoms with Crippen LogP contribution in [0.15, 0.2) is 46.7 Å². The van der Waals surface area contributed by atoms with Gasteiger partial charge in [0.15, 0.2) is 0 Å². The van der Waals surface area contributed by atoms with Crippen molar-refractivity contribution >= 4 is 27.3 Å². The molecule has 0 bridgehead atoms. The first kappa shape index (κ1) is 19.9. The molecule has 146 valence electrons. The minimum Gasteiger partial charge on any atom is -0.350 e. The van der Waals surface area contributed by atoms with Crippen molar-refractivity contribution < 1.29 is 17.6 Å². The maximum Gasteiger partial charge on any atom is 0.243 e. The largest absolute Gasteiger partial charge is 0.350 e. The zero-order valence-corrected chi connectivity index (χ0v) is 16.6. The van der Waals surface area contributed by atoms with Gasteiger partial charge >= 0.3 is 0 Å². The molecule has 0 unspecified atom stereocenters. The molecular formula is C18H22FN3O3S2. The molecule has 2 aromatic rings. The lowest BCUT2D eigenvalue weighted by Gasteiger charge is -2.36. The number of thiophene rings is 1. The highest BCUT2D eigenvalue weighted by Gasteiger charge is 2.31. The molecule has 1 aromatic carbocycles. The number of benzene rings is 1. The van der Waals surface area contributed by atoms with Crippen molar-refractivity contribution in [2.24, 2.45) is 0 Å². The Labute approximate surface area is 162 Å². The van der Waals surface area contributed by atoms with Crippen LogP contribution < -0.4 is 5.32 Å². The quantitative estimate of drug-likeness (QED) is 0.788. The highest BCUT2D eigenvalue weighted by molar-refractivity contribution is 7.89. The first-order valence-corrected chi connectivity index (χ1v) is 11.0. The van der Waals surface area contributed by atoms with E-state index in [9.17, 15) is 17.6 Å². The predicted molar refractivity (Wildman–Crippen MR) is 102 cm³/mol. The standard InChI is InChI=1S/C18H22FN3O3S2/c1-14(18(23)20-13-16-3-2-12-26-16)21-8-10-22(11-9-21)27(24,25)17-6-4-15(19)5-7-17/h2-7,12,14H,8-11,13H2,1H3,(H,20,23)/t14-/m0/s1. The van der Waals surface area contributed by atoms with E-state index in [1.54, 1.807) is 11.3 Å². The smallest absolute Gasteiger partial charge is 0.243 e. The zero-order valence-electron chi connectivity index (χ0n) is 15.0. The van der Waals surface area contributed by atoms with Gasteiger partial charge in [-0.2, -0.15) is 4.31 Å². The summed E-state index contributed by atoms with van der Waals surface area (Å²) in [7, 11) is -3.65. The normalized spacial score (nSPS) is 17.6. The molecule has 1 aromatic heterocycles. The Morgan fingerprint density at radius 3 is 2.44 bits per heavy atom. The number of carbonyl (C=O) groups excluding carboxylic acids is 1. The minimum atomic E-state index is -3.65. The number of halogens is 1. The van der Waals surface area contributed by atoms with E-state index in [0.717, 1.165) is 17.0 Å². The van der Waals surface area contributed by atoms with Gasteiger partial charge in [-0.25, -0.2) is 12.8 Å². The number of piperazine rings is 1. The first-order valence-electron chi connectivity index (χ1n) is 8.68. The molecule has 1 amide bonds. The number of amides is 1. The van der Waals surface area contributed by atoms with E-state index in [0.29, 0.717) is 32.7 Å². The molecule has 0 aliphatic carbocycles. The summed E-state index contributed by atoms with van der Waals surface area (Å²) in [5.41, 5.74) is 0. The predicted octanol–water partition coefficient (Wildman–Crippen LogP) is 1.90. The maximum absolute atomic E-state index is 13.0. The summed E-state index contributed by atoms with van der Waals surface area (Å²) >= 11 is 1.59. The van der Waals surface area contributed by atoms with Crippen LogP contribution in [0.1, 0.15) is 11.8 Å². The summed E-state index contributed by atoms with van der Waals surface area (Å²) in [5.74, 6) is -0.542. The molecular weight excluding hydrogens is 389 g/mol. The van der Waals surface area contributed by atoms with Crippen LogP contribution in [-0.4, -0.2) is 55.8 Å². The molecule has 1 atom stereocenters. The second-order valence-corrected chi connectivity index (χ2v) is 9.34. The topological polar surface area (TPSA) is 69.7 Å². The number of hydrogen-bond acceptors (Lipinski definition) is 5. The monoisotopic (exact) mass is 411 g/mol. The van der Waals surface area contributed by atoms with Gasteiger partial charge in [0.05, 0.1) is 17.5 Å². The van der Waals surface area contributed by atoms with Gasteiger partial charge in [-0.1, -0.05) is 6.07 Å². The average molecular weight is 412 g/mol. The van der Waals surface area contributed by atoms with Gasteiger partial charge in [-0.05, 0) is 42.6 Å². The van der Waals surface area contributed by atoms with Crippen molar-refractivity contribution in [3.8, 4) is 0 Å². The maximum atomic E-state index is 13.0. The molecule has 27 heavy (non-hydrogen) atoms. The van der Waals surface area contributed by atoms with Crippen LogP contribution in [-0.2, 0) is 21.4 Å². The van der Waals surface area contributed by atoms with E-state index in [1.165, 1.54) is 16.4 Å². The molecule has 3 rings (SSSR count). The van der Waals surface area contributed by atoms with Crippen molar-refractivity contribution in [1.82, 2.24) is 14.5 Å². The second-order valence-electron chi connectivity index (χ2n) is 6.37. The molecule has 0 radical (unpaired) electrons. The van der Waals surface area contributed by atoms with Gasteiger partial charge in [0.1, 0.15) is 5.82 Å². The van der Waals surface area contributed by atoms with Crippen LogP contribution in [0.2, 0.25) is 0 Å². The Balaban J connectivity index is 1.54. The third-order valence-corrected chi connectivity index (χ3v) is 7.46. The summed E-state index contributed by atoms with van der Waals surface area (Å²) in [5, 5.41) is 4.88. The van der Waals surface area contributed by atoms with Crippen molar-refractivity contribution in [1.29, 1.82) is 0 Å². The molecule has 0 spiro atoms. The van der Waals surface area contributed by atoms with Gasteiger partial charge in [0.2, 0.25) is 15.9 Å². The van der Waals surface area contributed by atoms with E-state index in [2.05, 4.69) is 5.32 Å². The number of carbonyl (C=O) groups is 1. The molecule has 1 aliphatic heterocycles. The summed E-state index contributed by atoms with van der Waals surface area (Å²) in [6.45, 7) is 3.85. The minimum absolute atomic E-state index is 0.0711. The second kappa shape index (κ2) is 8.47. The Bertz CT molecular complexity index is 862. The highest BCUT2D eigenvalue weighted by Crippen LogP contribution is 2.19. The zero-order chi connectivity index (χ0) is 19.4. The lowest BCUT2D eigenvalue weighted by molar-refractivity contribution is -0.126. The van der Waals surface area contributed by atoms with Crippen molar-refractivity contribution in [2.45, 2.75) is 24.4 Å². The van der Waals surface area contributed by atoms with Gasteiger partial charge in [0, 0.05) is 31.1 Å². The van der Waals surface area contributed by atoms with E-state index < -0.39 is 15.8 Å². The van der Waals surface area contributed by atoms with Gasteiger partial charge in [-0.15, -0.1) is 11.3 Å². The Morgan fingerprint density at radius 1 is 1.19 bits per heavy atom. The average Bonchev–Trinajstić information content (AvgIpc) is 3.19. The van der Waals surface area contributed by atoms with Gasteiger partial charge in [-0.3, -0.25) is 9.69 Å². The van der Waals surface area contributed by atoms with E-state index in [1.807, 2.05) is 29.3 Å². The van der Waals surface area contributed by atoms with Crippen molar-refractivity contribution in [3.05, 3.63) is 52.5 Å². The van der Waals surface area contributed by atoms with Crippen LogP contribution >= 0.6 is 11.3 Å². The molecule has 2 heterocycles. The molecule has 6 nitrogen and oxygen atoms in total. The Hall–Kier alpha value is -1.81. The fraction of sp³-hybridized carbons (Fsp3) is 0.389. The third-order valence-electron chi connectivity index (χ3n) is 4.67. The molecule has 1 aliphatic rings. The summed E-state index contributed by atoms with van der Waals surface area (Å²) in [4.78, 5) is 15.5. The van der Waals surface area contributed by atoms with E-state index >= 15 is 0 Å². The van der Waals surface area contributed by atoms with Crippen molar-refractivity contribution in [2.75, 3.05) is 26.2 Å². The summed E-state index contributed by atoms with van der Waals surface area (Å²) in [6, 6.07) is 8.41. The number of rotatable bonds is 6. The molecule has 9 heteroatoms. The number of nitrogens with one attached hydrogen (secondary N) is 1. The fourth-order valence-electron chi connectivity index (χ4n) is 2.99. The van der Waals surface area contributed by atoms with Gasteiger partial charge < -0.3 is 5.32 Å². The lowest BCUT2D eigenvalue weighted by Crippen LogP contribution is -2.54. The van der Waals surface area contributed by atoms with Crippen LogP contribution in [0, 0.1) is 5.82 Å². The summed E-state index contributed by atoms with van der Waals surface area (Å²) in [6.07, 6.45) is 0. The SMILES string of the molecule is C[C@@H](C(=O)NCc1cccs1)N1CCN(S(=O)(=O)c2ccc(F)cc2)CC1. The first-order chi connectivity index (χ1) is 12.9. The van der Waals surface area contributed by atoms with E-state index in [-0.39, 0.29) is 16.8 Å². The Morgan fingerprint density at radius 2 is 1.85 bits per heavy atom.